The van der Waals surface area contributed by atoms with Gasteiger partial charge in [-0.05, 0) is 60.9 Å². The summed E-state index contributed by atoms with van der Waals surface area (Å²) in [4.78, 5) is 14.4. The molecule has 2 N–H and O–H groups in total. The van der Waals surface area contributed by atoms with Gasteiger partial charge in [-0.3, -0.25) is 4.79 Å². The molecule has 4 nitrogen and oxygen atoms in total. The quantitative estimate of drug-likeness (QED) is 0.615. The Morgan fingerprint density at radius 2 is 1.57 bits per heavy atom. The molecule has 0 heterocycles. The molecule has 0 aromatic heterocycles. The van der Waals surface area contributed by atoms with Gasteiger partial charge in [0.2, 0.25) is 0 Å². The van der Waals surface area contributed by atoms with Crippen LogP contribution in [0.4, 0.5) is 5.69 Å². The van der Waals surface area contributed by atoms with E-state index in [4.69, 9.17) is 0 Å². The molecule has 0 aliphatic rings. The second kappa shape index (κ2) is 9.60. The summed E-state index contributed by atoms with van der Waals surface area (Å²) in [5, 5.41) is 12.2. The molecule has 3 rings (SSSR count). The smallest absolute Gasteiger partial charge is 0.251 e. The number of carbonyl (C=O) groups excluding carboxylic acids is 1. The van der Waals surface area contributed by atoms with Crippen LogP contribution in [0, 0.1) is 0 Å². The van der Waals surface area contributed by atoms with Crippen LogP contribution in [0.3, 0.4) is 0 Å². The first kappa shape index (κ1) is 19.5. The van der Waals surface area contributed by atoms with E-state index in [9.17, 15) is 9.90 Å². The molecule has 0 atom stereocenters. The molecule has 0 aliphatic heterocycles. The monoisotopic (exact) mass is 374 g/mol. The lowest BCUT2D eigenvalue weighted by atomic mass is 10.1. The standard InChI is InChI=1S/C24H26N2O2/c1-2-26(18-20-6-4-3-5-7-20)22-12-8-19(9-13-22)16-17-25-24(28)21-10-14-23(27)15-11-21/h3-15,27H,2,16-18H2,1H3,(H,25,28). The first-order valence-corrected chi connectivity index (χ1v) is 9.60. The summed E-state index contributed by atoms with van der Waals surface area (Å²) in [7, 11) is 0. The molecular weight excluding hydrogens is 348 g/mol. The third-order valence-corrected chi connectivity index (χ3v) is 4.73. The minimum Gasteiger partial charge on any atom is -0.508 e. The summed E-state index contributed by atoms with van der Waals surface area (Å²) in [5.74, 6) is 0.0293. The van der Waals surface area contributed by atoms with Crippen LogP contribution in [0.5, 0.6) is 5.75 Å². The average Bonchev–Trinajstić information content (AvgIpc) is 2.74. The van der Waals surface area contributed by atoms with E-state index in [0.717, 1.165) is 19.5 Å². The van der Waals surface area contributed by atoms with Crippen LogP contribution in [0.2, 0.25) is 0 Å². The van der Waals surface area contributed by atoms with E-state index < -0.39 is 0 Å². The van der Waals surface area contributed by atoms with Crippen molar-refractivity contribution in [1.82, 2.24) is 5.32 Å². The normalized spacial score (nSPS) is 10.5. The zero-order chi connectivity index (χ0) is 19.8. The van der Waals surface area contributed by atoms with Crippen LogP contribution in [-0.2, 0) is 13.0 Å². The Bertz CT molecular complexity index is 875. The third-order valence-electron chi connectivity index (χ3n) is 4.73. The Labute approximate surface area is 166 Å². The number of rotatable bonds is 8. The molecule has 0 fully saturated rings. The van der Waals surface area contributed by atoms with E-state index in [0.29, 0.717) is 12.1 Å². The van der Waals surface area contributed by atoms with Gasteiger partial charge in [-0.2, -0.15) is 0 Å². The SMILES string of the molecule is CCN(Cc1ccccc1)c1ccc(CCNC(=O)c2ccc(O)cc2)cc1. The predicted molar refractivity (Wildman–Crippen MR) is 114 cm³/mol. The van der Waals surface area contributed by atoms with Crippen LogP contribution in [0.15, 0.2) is 78.9 Å². The lowest BCUT2D eigenvalue weighted by Gasteiger charge is -2.23. The van der Waals surface area contributed by atoms with Gasteiger partial charge in [0.05, 0.1) is 0 Å². The number of carbonyl (C=O) groups is 1. The number of nitrogens with one attached hydrogen (secondary N) is 1. The van der Waals surface area contributed by atoms with Gasteiger partial charge in [-0.1, -0.05) is 42.5 Å². The molecule has 0 radical (unpaired) electrons. The summed E-state index contributed by atoms with van der Waals surface area (Å²) in [6.45, 7) is 4.56. The molecule has 3 aromatic carbocycles. The van der Waals surface area contributed by atoms with Gasteiger partial charge in [0.25, 0.3) is 5.91 Å². The zero-order valence-electron chi connectivity index (χ0n) is 16.1. The highest BCUT2D eigenvalue weighted by Crippen LogP contribution is 2.18. The molecule has 1 amide bonds. The Morgan fingerprint density at radius 1 is 0.893 bits per heavy atom. The Balaban J connectivity index is 1.52. The van der Waals surface area contributed by atoms with E-state index in [2.05, 4.69) is 65.7 Å². The van der Waals surface area contributed by atoms with Gasteiger partial charge < -0.3 is 15.3 Å². The zero-order valence-corrected chi connectivity index (χ0v) is 16.1. The second-order valence-corrected chi connectivity index (χ2v) is 6.72. The van der Waals surface area contributed by atoms with Crippen molar-refractivity contribution in [2.75, 3.05) is 18.0 Å². The molecule has 0 saturated carbocycles. The Kier molecular flexibility index (Phi) is 6.68. The Morgan fingerprint density at radius 3 is 2.21 bits per heavy atom. The van der Waals surface area contributed by atoms with E-state index in [1.807, 2.05) is 6.07 Å². The number of nitrogens with zero attached hydrogens (tertiary/aromatic N) is 1. The van der Waals surface area contributed by atoms with Crippen molar-refractivity contribution in [2.45, 2.75) is 19.9 Å². The second-order valence-electron chi connectivity index (χ2n) is 6.72. The van der Waals surface area contributed by atoms with Crippen LogP contribution >= 0.6 is 0 Å². The molecule has 144 valence electrons. The third kappa shape index (κ3) is 5.36. The number of aromatic hydroxyl groups is 1. The summed E-state index contributed by atoms with van der Waals surface area (Å²) in [5.41, 5.74) is 4.23. The lowest BCUT2D eigenvalue weighted by molar-refractivity contribution is 0.0954. The molecule has 0 spiro atoms. The van der Waals surface area contributed by atoms with E-state index in [-0.39, 0.29) is 11.7 Å². The summed E-state index contributed by atoms with van der Waals surface area (Å²) in [6, 6.07) is 25.3. The maximum atomic E-state index is 12.1. The van der Waals surface area contributed by atoms with Crippen molar-refractivity contribution in [3.63, 3.8) is 0 Å². The van der Waals surface area contributed by atoms with E-state index in [1.54, 1.807) is 12.1 Å². The van der Waals surface area contributed by atoms with Crippen LogP contribution in [0.25, 0.3) is 0 Å². The first-order chi connectivity index (χ1) is 13.7. The van der Waals surface area contributed by atoms with Crippen LogP contribution < -0.4 is 10.2 Å². The highest BCUT2D eigenvalue weighted by molar-refractivity contribution is 5.94. The molecule has 28 heavy (non-hydrogen) atoms. The van der Waals surface area contributed by atoms with Crippen molar-refractivity contribution < 1.29 is 9.90 Å². The highest BCUT2D eigenvalue weighted by atomic mass is 16.3. The number of benzene rings is 3. The van der Waals surface area contributed by atoms with Gasteiger partial charge in [0.15, 0.2) is 0 Å². The van der Waals surface area contributed by atoms with Gasteiger partial charge >= 0.3 is 0 Å². The number of phenolic OH excluding ortho intramolecular Hbond substituents is 1. The highest BCUT2D eigenvalue weighted by Gasteiger charge is 2.07. The maximum Gasteiger partial charge on any atom is 0.251 e. The van der Waals surface area contributed by atoms with Crippen molar-refractivity contribution in [1.29, 1.82) is 0 Å². The predicted octanol–water partition coefficient (Wildman–Crippen LogP) is 4.39. The number of anilines is 1. The van der Waals surface area contributed by atoms with E-state index in [1.165, 1.54) is 28.9 Å². The summed E-state index contributed by atoms with van der Waals surface area (Å²) >= 11 is 0. The minimum atomic E-state index is -0.128. The van der Waals surface area contributed by atoms with Crippen molar-refractivity contribution in [2.24, 2.45) is 0 Å². The largest absolute Gasteiger partial charge is 0.508 e. The molecule has 0 bridgehead atoms. The average molecular weight is 374 g/mol. The minimum absolute atomic E-state index is 0.128. The van der Waals surface area contributed by atoms with Gasteiger partial charge in [-0.15, -0.1) is 0 Å². The molecule has 0 aliphatic carbocycles. The first-order valence-electron chi connectivity index (χ1n) is 9.60. The molecule has 4 heteroatoms. The molecular formula is C24H26N2O2. The summed E-state index contributed by atoms with van der Waals surface area (Å²) in [6.07, 6.45) is 0.773. The van der Waals surface area contributed by atoms with Crippen LogP contribution in [-0.4, -0.2) is 24.1 Å². The van der Waals surface area contributed by atoms with Gasteiger partial charge in [0.1, 0.15) is 5.75 Å². The number of amides is 1. The van der Waals surface area contributed by atoms with Crippen molar-refractivity contribution in [3.8, 4) is 5.75 Å². The van der Waals surface area contributed by atoms with Gasteiger partial charge in [0, 0.05) is 30.9 Å². The maximum absolute atomic E-state index is 12.1. The molecule has 0 saturated heterocycles. The number of hydrogen-bond donors (Lipinski definition) is 2. The lowest BCUT2D eigenvalue weighted by Crippen LogP contribution is -2.25. The van der Waals surface area contributed by atoms with Crippen LogP contribution in [0.1, 0.15) is 28.4 Å². The number of hydrogen-bond acceptors (Lipinski definition) is 3. The van der Waals surface area contributed by atoms with Crippen molar-refractivity contribution >= 4 is 11.6 Å². The fraction of sp³-hybridized carbons (Fsp3) is 0.208. The Hall–Kier alpha value is -3.27. The number of phenols is 1. The van der Waals surface area contributed by atoms with Gasteiger partial charge in [-0.25, -0.2) is 0 Å². The van der Waals surface area contributed by atoms with E-state index >= 15 is 0 Å². The molecule has 0 unspecified atom stereocenters. The van der Waals surface area contributed by atoms with Crippen molar-refractivity contribution in [3.05, 3.63) is 95.6 Å². The molecule has 3 aromatic rings. The topological polar surface area (TPSA) is 52.6 Å². The fourth-order valence-corrected chi connectivity index (χ4v) is 3.10. The fourth-order valence-electron chi connectivity index (χ4n) is 3.10. The summed E-state index contributed by atoms with van der Waals surface area (Å²) < 4.78 is 0.